The molecule has 1 atom stereocenters. The third-order valence-electron chi connectivity index (χ3n) is 4.17. The number of pyridine rings is 1. The summed E-state index contributed by atoms with van der Waals surface area (Å²) < 4.78 is 5.20. The highest BCUT2D eigenvalue weighted by Gasteiger charge is 2.23. The first-order valence-electron chi connectivity index (χ1n) is 8.43. The Morgan fingerprint density at radius 3 is 3.00 bits per heavy atom. The van der Waals surface area contributed by atoms with Crippen molar-refractivity contribution >= 4 is 11.8 Å². The molecular formula is C18H22N4O3. The van der Waals surface area contributed by atoms with Gasteiger partial charge in [0, 0.05) is 25.0 Å². The summed E-state index contributed by atoms with van der Waals surface area (Å²) in [5.74, 6) is 0.562. The van der Waals surface area contributed by atoms with Crippen LogP contribution in [-0.4, -0.2) is 47.4 Å². The zero-order valence-corrected chi connectivity index (χ0v) is 14.0. The van der Waals surface area contributed by atoms with E-state index in [-0.39, 0.29) is 17.9 Å². The summed E-state index contributed by atoms with van der Waals surface area (Å²) in [6.07, 6.45) is 6.64. The van der Waals surface area contributed by atoms with Crippen LogP contribution in [0.15, 0.2) is 47.3 Å². The molecule has 2 N–H and O–H groups in total. The van der Waals surface area contributed by atoms with Crippen molar-refractivity contribution < 1.29 is 14.0 Å². The van der Waals surface area contributed by atoms with Gasteiger partial charge in [-0.3, -0.25) is 19.5 Å². The number of likely N-dealkylation sites (tertiary alicyclic amines) is 1. The third kappa shape index (κ3) is 5.15. The molecule has 3 rings (SSSR count). The first-order valence-corrected chi connectivity index (χ1v) is 8.43. The van der Waals surface area contributed by atoms with Crippen LogP contribution in [0, 0.1) is 0 Å². The number of hydrogen-bond donors (Lipinski definition) is 2. The van der Waals surface area contributed by atoms with Gasteiger partial charge in [-0.1, -0.05) is 0 Å². The summed E-state index contributed by atoms with van der Waals surface area (Å²) >= 11 is 0. The lowest BCUT2D eigenvalue weighted by molar-refractivity contribution is -0.122. The summed E-state index contributed by atoms with van der Waals surface area (Å²) in [6, 6.07) is 7.14. The molecule has 0 aromatic carbocycles. The standard InChI is InChI=1S/C18H22N4O3/c23-17(20-11-16-6-3-9-25-16)13-22-8-2-5-15(12-22)21-18(24)14-4-1-7-19-10-14/h1,3-4,6-7,9-10,15H,2,5,8,11-13H2,(H,20,23)(H,21,24). The number of rotatable bonds is 6. The van der Waals surface area contributed by atoms with E-state index in [9.17, 15) is 9.59 Å². The summed E-state index contributed by atoms with van der Waals surface area (Å²) in [4.78, 5) is 30.3. The van der Waals surface area contributed by atoms with Crippen molar-refractivity contribution in [3.05, 3.63) is 54.2 Å². The molecular weight excluding hydrogens is 320 g/mol. The molecule has 1 aliphatic heterocycles. The van der Waals surface area contributed by atoms with Crippen molar-refractivity contribution in [2.24, 2.45) is 0 Å². The highest BCUT2D eigenvalue weighted by molar-refractivity contribution is 5.94. The smallest absolute Gasteiger partial charge is 0.253 e. The Bertz CT molecular complexity index is 688. The fraction of sp³-hybridized carbons (Fsp3) is 0.389. The maximum Gasteiger partial charge on any atom is 0.253 e. The van der Waals surface area contributed by atoms with E-state index in [2.05, 4.69) is 20.5 Å². The number of carbonyl (C=O) groups is 2. The third-order valence-corrected chi connectivity index (χ3v) is 4.17. The van der Waals surface area contributed by atoms with Crippen LogP contribution in [0.2, 0.25) is 0 Å². The molecule has 1 saturated heterocycles. The molecule has 0 saturated carbocycles. The first kappa shape index (κ1) is 17.2. The van der Waals surface area contributed by atoms with Gasteiger partial charge in [0.05, 0.1) is 24.9 Å². The lowest BCUT2D eigenvalue weighted by Gasteiger charge is -2.32. The molecule has 3 heterocycles. The Morgan fingerprint density at radius 2 is 2.24 bits per heavy atom. The molecule has 7 nitrogen and oxygen atoms in total. The Kier molecular flexibility index (Phi) is 5.79. The minimum Gasteiger partial charge on any atom is -0.467 e. The van der Waals surface area contributed by atoms with Crippen LogP contribution in [-0.2, 0) is 11.3 Å². The first-order chi connectivity index (χ1) is 12.2. The molecule has 2 amide bonds. The fourth-order valence-corrected chi connectivity index (χ4v) is 2.94. The summed E-state index contributed by atoms with van der Waals surface area (Å²) in [6.45, 7) is 2.23. The van der Waals surface area contributed by atoms with Crippen LogP contribution < -0.4 is 10.6 Å². The van der Waals surface area contributed by atoms with Gasteiger partial charge in [-0.05, 0) is 43.7 Å². The van der Waals surface area contributed by atoms with E-state index < -0.39 is 0 Å². The average molecular weight is 342 g/mol. The molecule has 1 fully saturated rings. The molecule has 0 bridgehead atoms. The maximum absolute atomic E-state index is 12.2. The predicted octanol–water partition coefficient (Wildman–Crippen LogP) is 1.19. The molecule has 7 heteroatoms. The van der Waals surface area contributed by atoms with Gasteiger partial charge in [0.1, 0.15) is 5.76 Å². The van der Waals surface area contributed by atoms with E-state index >= 15 is 0 Å². The molecule has 0 spiro atoms. The molecule has 2 aromatic heterocycles. The zero-order valence-electron chi connectivity index (χ0n) is 14.0. The van der Waals surface area contributed by atoms with E-state index in [4.69, 9.17) is 4.42 Å². The quantitative estimate of drug-likeness (QED) is 0.823. The lowest BCUT2D eigenvalue weighted by atomic mass is 10.1. The van der Waals surface area contributed by atoms with Crippen molar-refractivity contribution in [1.82, 2.24) is 20.5 Å². The van der Waals surface area contributed by atoms with Crippen LogP contribution in [0.1, 0.15) is 29.0 Å². The van der Waals surface area contributed by atoms with Crippen molar-refractivity contribution in [1.29, 1.82) is 0 Å². The van der Waals surface area contributed by atoms with E-state index in [0.29, 0.717) is 25.2 Å². The van der Waals surface area contributed by atoms with Crippen LogP contribution in [0.4, 0.5) is 0 Å². The average Bonchev–Trinajstić information content (AvgIpc) is 3.15. The van der Waals surface area contributed by atoms with Crippen molar-refractivity contribution in [3.63, 3.8) is 0 Å². The Labute approximate surface area is 146 Å². The second kappa shape index (κ2) is 8.43. The van der Waals surface area contributed by atoms with E-state index in [0.717, 1.165) is 25.1 Å². The largest absolute Gasteiger partial charge is 0.467 e. The zero-order chi connectivity index (χ0) is 17.5. The Balaban J connectivity index is 1.44. The number of amides is 2. The van der Waals surface area contributed by atoms with Crippen LogP contribution in [0.5, 0.6) is 0 Å². The monoisotopic (exact) mass is 342 g/mol. The highest BCUT2D eigenvalue weighted by Crippen LogP contribution is 2.11. The van der Waals surface area contributed by atoms with E-state index in [1.165, 1.54) is 0 Å². The second-order valence-corrected chi connectivity index (χ2v) is 6.15. The van der Waals surface area contributed by atoms with Gasteiger partial charge in [0.25, 0.3) is 5.91 Å². The molecule has 0 radical (unpaired) electrons. The summed E-state index contributed by atoms with van der Waals surface area (Å²) in [5, 5.41) is 5.87. The number of furan rings is 1. The van der Waals surface area contributed by atoms with Crippen LogP contribution in [0.3, 0.4) is 0 Å². The highest BCUT2D eigenvalue weighted by atomic mass is 16.3. The fourth-order valence-electron chi connectivity index (χ4n) is 2.94. The SMILES string of the molecule is O=C(CN1CCCC(NC(=O)c2cccnc2)C1)NCc1ccco1. The molecule has 1 aliphatic rings. The van der Waals surface area contributed by atoms with Crippen molar-refractivity contribution in [2.45, 2.75) is 25.4 Å². The van der Waals surface area contributed by atoms with Gasteiger partial charge in [0.15, 0.2) is 0 Å². The number of aromatic nitrogens is 1. The number of piperidine rings is 1. The normalized spacial score (nSPS) is 17.8. The van der Waals surface area contributed by atoms with Gasteiger partial charge in [-0.15, -0.1) is 0 Å². The van der Waals surface area contributed by atoms with Gasteiger partial charge in [-0.25, -0.2) is 0 Å². The number of hydrogen-bond acceptors (Lipinski definition) is 5. The van der Waals surface area contributed by atoms with Gasteiger partial charge in [-0.2, -0.15) is 0 Å². The van der Waals surface area contributed by atoms with Crippen molar-refractivity contribution in [3.8, 4) is 0 Å². The molecule has 25 heavy (non-hydrogen) atoms. The Morgan fingerprint density at radius 1 is 1.32 bits per heavy atom. The van der Waals surface area contributed by atoms with Crippen LogP contribution in [0.25, 0.3) is 0 Å². The van der Waals surface area contributed by atoms with Gasteiger partial charge >= 0.3 is 0 Å². The minimum atomic E-state index is -0.123. The summed E-state index contributed by atoms with van der Waals surface area (Å²) in [5.41, 5.74) is 0.552. The van der Waals surface area contributed by atoms with Gasteiger partial charge in [0.2, 0.25) is 5.91 Å². The molecule has 132 valence electrons. The van der Waals surface area contributed by atoms with Gasteiger partial charge < -0.3 is 15.1 Å². The van der Waals surface area contributed by atoms with E-state index in [1.54, 1.807) is 36.9 Å². The molecule has 2 aromatic rings. The molecule has 1 unspecified atom stereocenters. The second-order valence-electron chi connectivity index (χ2n) is 6.15. The number of nitrogens with zero attached hydrogens (tertiary/aromatic N) is 2. The Hall–Kier alpha value is -2.67. The predicted molar refractivity (Wildman–Crippen MR) is 91.7 cm³/mol. The summed E-state index contributed by atoms with van der Waals surface area (Å²) in [7, 11) is 0. The van der Waals surface area contributed by atoms with Crippen LogP contribution >= 0.6 is 0 Å². The number of nitrogens with one attached hydrogen (secondary N) is 2. The number of carbonyl (C=O) groups excluding carboxylic acids is 2. The topological polar surface area (TPSA) is 87.5 Å². The lowest BCUT2D eigenvalue weighted by Crippen LogP contribution is -2.50. The molecule has 0 aliphatic carbocycles. The maximum atomic E-state index is 12.2. The minimum absolute atomic E-state index is 0.0410. The van der Waals surface area contributed by atoms with E-state index in [1.807, 2.05) is 6.07 Å². The van der Waals surface area contributed by atoms with Crippen molar-refractivity contribution in [2.75, 3.05) is 19.6 Å².